The summed E-state index contributed by atoms with van der Waals surface area (Å²) in [5, 5.41) is 3.26. The highest BCUT2D eigenvalue weighted by molar-refractivity contribution is 6.00. The van der Waals surface area contributed by atoms with Crippen LogP contribution in [0, 0.1) is 0 Å². The van der Waals surface area contributed by atoms with E-state index in [0.717, 1.165) is 5.56 Å². The number of Topliss-reactive ketones (excluding diaryl/α,β-unsaturated/α-hetero) is 1. The van der Waals surface area contributed by atoms with E-state index in [9.17, 15) is 4.79 Å². The molecule has 0 radical (unpaired) electrons. The van der Waals surface area contributed by atoms with E-state index in [4.69, 9.17) is 4.74 Å². The van der Waals surface area contributed by atoms with E-state index in [1.54, 1.807) is 7.11 Å². The van der Waals surface area contributed by atoms with Gasteiger partial charge in [-0.05, 0) is 5.56 Å². The number of methoxy groups -OCH3 is 1. The molecular weight excluding hydrogens is 250 g/mol. The summed E-state index contributed by atoms with van der Waals surface area (Å²) in [6.07, 6.45) is 0. The molecular formula is C17H19NO2. The van der Waals surface area contributed by atoms with Gasteiger partial charge in [0.15, 0.2) is 5.78 Å². The Bertz CT molecular complexity index is 525. The molecule has 2 rings (SSSR count). The fourth-order valence-electron chi connectivity index (χ4n) is 2.08. The molecule has 0 aliphatic carbocycles. The van der Waals surface area contributed by atoms with Crippen LogP contribution in [0.3, 0.4) is 0 Å². The zero-order valence-corrected chi connectivity index (χ0v) is 11.6. The molecule has 0 aliphatic rings. The van der Waals surface area contributed by atoms with Gasteiger partial charge in [0.1, 0.15) is 0 Å². The monoisotopic (exact) mass is 269 g/mol. The van der Waals surface area contributed by atoms with Crippen LogP contribution in [0.15, 0.2) is 60.7 Å². The van der Waals surface area contributed by atoms with Crippen molar-refractivity contribution in [3.8, 4) is 0 Å². The summed E-state index contributed by atoms with van der Waals surface area (Å²) in [5.74, 6) is 0.0768. The number of rotatable bonds is 7. The normalized spacial score (nSPS) is 12.1. The van der Waals surface area contributed by atoms with Crippen LogP contribution in [-0.4, -0.2) is 26.0 Å². The minimum atomic E-state index is -0.339. The van der Waals surface area contributed by atoms with Crippen molar-refractivity contribution in [2.45, 2.75) is 6.04 Å². The number of carbonyl (C=O) groups excluding carboxylic acids is 1. The van der Waals surface area contributed by atoms with Gasteiger partial charge in [0, 0.05) is 19.2 Å². The molecule has 2 aromatic carbocycles. The van der Waals surface area contributed by atoms with Crippen LogP contribution < -0.4 is 5.32 Å². The van der Waals surface area contributed by atoms with Gasteiger partial charge in [-0.3, -0.25) is 4.79 Å². The lowest BCUT2D eigenvalue weighted by molar-refractivity contribution is 0.0936. The second-order valence-corrected chi connectivity index (χ2v) is 4.52. The highest BCUT2D eigenvalue weighted by Gasteiger charge is 2.20. The lowest BCUT2D eigenvalue weighted by Gasteiger charge is -2.18. The summed E-state index contributed by atoms with van der Waals surface area (Å²) >= 11 is 0. The Morgan fingerprint density at radius 1 is 1.05 bits per heavy atom. The first-order chi connectivity index (χ1) is 9.83. The topological polar surface area (TPSA) is 38.3 Å². The second-order valence-electron chi connectivity index (χ2n) is 4.52. The average Bonchev–Trinajstić information content (AvgIpc) is 2.53. The quantitative estimate of drug-likeness (QED) is 0.620. The first-order valence-corrected chi connectivity index (χ1v) is 6.69. The summed E-state index contributed by atoms with van der Waals surface area (Å²) in [6, 6.07) is 18.8. The van der Waals surface area contributed by atoms with Gasteiger partial charge in [0.05, 0.1) is 12.6 Å². The van der Waals surface area contributed by atoms with Crippen LogP contribution in [0.4, 0.5) is 0 Å². The smallest absolute Gasteiger partial charge is 0.184 e. The first-order valence-electron chi connectivity index (χ1n) is 6.69. The lowest BCUT2D eigenvalue weighted by atomic mass is 9.97. The summed E-state index contributed by atoms with van der Waals surface area (Å²) in [6.45, 7) is 1.21. The fourth-order valence-corrected chi connectivity index (χ4v) is 2.08. The summed E-state index contributed by atoms with van der Waals surface area (Å²) in [7, 11) is 1.65. The zero-order chi connectivity index (χ0) is 14.2. The van der Waals surface area contributed by atoms with Crippen LogP contribution in [0.2, 0.25) is 0 Å². The summed E-state index contributed by atoms with van der Waals surface area (Å²) in [5.41, 5.74) is 1.68. The largest absolute Gasteiger partial charge is 0.383 e. The Balaban J connectivity index is 2.20. The molecule has 1 N–H and O–H groups in total. The predicted octanol–water partition coefficient (Wildman–Crippen LogP) is 2.85. The van der Waals surface area contributed by atoms with Crippen molar-refractivity contribution in [3.05, 3.63) is 71.8 Å². The zero-order valence-electron chi connectivity index (χ0n) is 11.6. The van der Waals surface area contributed by atoms with Crippen molar-refractivity contribution >= 4 is 5.78 Å². The Morgan fingerprint density at radius 2 is 1.65 bits per heavy atom. The maximum atomic E-state index is 12.6. The number of hydrogen-bond acceptors (Lipinski definition) is 3. The van der Waals surface area contributed by atoms with Gasteiger partial charge in [-0.15, -0.1) is 0 Å². The van der Waals surface area contributed by atoms with Gasteiger partial charge in [-0.2, -0.15) is 0 Å². The van der Waals surface area contributed by atoms with E-state index >= 15 is 0 Å². The standard InChI is InChI=1S/C17H19NO2/c1-20-13-12-18-16(14-8-4-2-5-9-14)17(19)15-10-6-3-7-11-15/h2-11,16,18H,12-13H2,1H3/t16-/m0/s1. The molecule has 0 amide bonds. The molecule has 0 fully saturated rings. The molecule has 0 saturated heterocycles. The SMILES string of the molecule is COCCN[C@H](C(=O)c1ccccc1)c1ccccc1. The van der Waals surface area contributed by atoms with E-state index in [1.807, 2.05) is 60.7 Å². The third-order valence-electron chi connectivity index (χ3n) is 3.11. The van der Waals surface area contributed by atoms with Gasteiger partial charge in [-0.25, -0.2) is 0 Å². The minimum Gasteiger partial charge on any atom is -0.383 e. The van der Waals surface area contributed by atoms with E-state index in [1.165, 1.54) is 0 Å². The molecule has 1 atom stereocenters. The van der Waals surface area contributed by atoms with Crippen molar-refractivity contribution in [1.82, 2.24) is 5.32 Å². The fraction of sp³-hybridized carbons (Fsp3) is 0.235. The molecule has 0 aliphatic heterocycles. The molecule has 20 heavy (non-hydrogen) atoms. The van der Waals surface area contributed by atoms with Gasteiger partial charge in [0.25, 0.3) is 0 Å². The summed E-state index contributed by atoms with van der Waals surface area (Å²) in [4.78, 5) is 12.6. The maximum absolute atomic E-state index is 12.6. The van der Waals surface area contributed by atoms with E-state index in [0.29, 0.717) is 18.7 Å². The molecule has 104 valence electrons. The number of hydrogen-bond donors (Lipinski definition) is 1. The van der Waals surface area contributed by atoms with Crippen molar-refractivity contribution in [2.24, 2.45) is 0 Å². The highest BCUT2D eigenvalue weighted by atomic mass is 16.5. The van der Waals surface area contributed by atoms with Gasteiger partial charge >= 0.3 is 0 Å². The molecule has 0 heterocycles. The van der Waals surface area contributed by atoms with E-state index in [2.05, 4.69) is 5.32 Å². The Morgan fingerprint density at radius 3 is 2.25 bits per heavy atom. The Hall–Kier alpha value is -1.97. The van der Waals surface area contributed by atoms with Gasteiger partial charge in [-0.1, -0.05) is 60.7 Å². The third kappa shape index (κ3) is 3.76. The number of ether oxygens (including phenoxy) is 1. The van der Waals surface area contributed by atoms with Crippen LogP contribution in [0.25, 0.3) is 0 Å². The van der Waals surface area contributed by atoms with Crippen molar-refractivity contribution in [2.75, 3.05) is 20.3 Å². The predicted molar refractivity (Wildman–Crippen MR) is 79.8 cm³/mol. The van der Waals surface area contributed by atoms with Crippen molar-refractivity contribution < 1.29 is 9.53 Å². The van der Waals surface area contributed by atoms with E-state index in [-0.39, 0.29) is 11.8 Å². The molecule has 0 unspecified atom stereocenters. The van der Waals surface area contributed by atoms with Crippen molar-refractivity contribution in [3.63, 3.8) is 0 Å². The third-order valence-corrected chi connectivity index (χ3v) is 3.11. The molecule has 2 aromatic rings. The molecule has 0 saturated carbocycles. The van der Waals surface area contributed by atoms with Crippen LogP contribution in [-0.2, 0) is 4.74 Å². The first kappa shape index (κ1) is 14.4. The molecule has 3 nitrogen and oxygen atoms in total. The number of ketones is 1. The number of carbonyl (C=O) groups is 1. The lowest BCUT2D eigenvalue weighted by Crippen LogP contribution is -2.31. The molecule has 0 spiro atoms. The van der Waals surface area contributed by atoms with Gasteiger partial charge in [0.2, 0.25) is 0 Å². The van der Waals surface area contributed by atoms with E-state index < -0.39 is 0 Å². The van der Waals surface area contributed by atoms with Gasteiger partial charge < -0.3 is 10.1 Å². The minimum absolute atomic E-state index is 0.0768. The maximum Gasteiger partial charge on any atom is 0.184 e. The molecule has 0 bridgehead atoms. The average molecular weight is 269 g/mol. The van der Waals surface area contributed by atoms with Crippen LogP contribution in [0.1, 0.15) is 22.0 Å². The number of nitrogens with one attached hydrogen (secondary N) is 1. The molecule has 0 aromatic heterocycles. The Labute approximate surface area is 119 Å². The highest BCUT2D eigenvalue weighted by Crippen LogP contribution is 2.18. The Kier molecular flexibility index (Phi) is 5.47. The van der Waals surface area contributed by atoms with Crippen LogP contribution >= 0.6 is 0 Å². The van der Waals surface area contributed by atoms with Crippen molar-refractivity contribution in [1.29, 1.82) is 0 Å². The molecule has 3 heteroatoms. The number of benzene rings is 2. The van der Waals surface area contributed by atoms with Crippen LogP contribution in [0.5, 0.6) is 0 Å². The summed E-state index contributed by atoms with van der Waals surface area (Å²) < 4.78 is 5.04. The second kappa shape index (κ2) is 7.58.